The number of benzene rings is 1. The molecule has 0 aliphatic carbocycles. The van der Waals surface area contributed by atoms with Crippen LogP contribution in [0.5, 0.6) is 0 Å². The lowest BCUT2D eigenvalue weighted by Gasteiger charge is -2.25. The third kappa shape index (κ3) is 2.87. The van der Waals surface area contributed by atoms with E-state index in [1.165, 1.54) is 6.08 Å². The summed E-state index contributed by atoms with van der Waals surface area (Å²) in [7, 11) is 0. The molecule has 1 saturated heterocycles. The van der Waals surface area contributed by atoms with Crippen LogP contribution in [-0.2, 0) is 20.5 Å². The van der Waals surface area contributed by atoms with E-state index in [4.69, 9.17) is 16.3 Å². The Hall–Kier alpha value is -2.06. The molecule has 5 nitrogen and oxygen atoms in total. The van der Waals surface area contributed by atoms with Gasteiger partial charge in [-0.05, 0) is 18.2 Å². The maximum Gasteiger partial charge on any atom is 0.416 e. The van der Waals surface area contributed by atoms with Crippen molar-refractivity contribution in [1.29, 1.82) is 0 Å². The lowest BCUT2D eigenvalue weighted by atomic mass is 9.82. The summed E-state index contributed by atoms with van der Waals surface area (Å²) >= 11 is 5.82. The Labute approximate surface area is 139 Å². The lowest BCUT2D eigenvalue weighted by molar-refractivity contribution is -0.313. The van der Waals surface area contributed by atoms with Crippen LogP contribution >= 0.6 is 11.6 Å². The van der Waals surface area contributed by atoms with Crippen molar-refractivity contribution >= 4 is 29.2 Å². The minimum absolute atomic E-state index is 0.0963. The van der Waals surface area contributed by atoms with Crippen molar-refractivity contribution in [2.75, 3.05) is 5.32 Å². The predicted molar refractivity (Wildman–Crippen MR) is 74.9 cm³/mol. The quantitative estimate of drug-likeness (QED) is 0.831. The Balaban J connectivity index is 1.85. The summed E-state index contributed by atoms with van der Waals surface area (Å²) in [6, 6.07) is 2.48. The van der Waals surface area contributed by atoms with E-state index in [0.29, 0.717) is 6.07 Å². The van der Waals surface area contributed by atoms with Gasteiger partial charge in [-0.25, -0.2) is 0 Å². The Morgan fingerprint density at radius 3 is 2.38 bits per heavy atom. The average Bonchev–Trinajstić information content (AvgIpc) is 3.08. The molecular weight excluding hydrogens is 351 g/mol. The molecule has 0 aromatic heterocycles. The number of carbonyl (C=O) groups excluding carboxylic acids is 2. The molecule has 1 N–H and O–H groups in total. The lowest BCUT2D eigenvalue weighted by Crippen LogP contribution is -2.45. The summed E-state index contributed by atoms with van der Waals surface area (Å²) in [6.07, 6.45) is -3.08. The van der Waals surface area contributed by atoms with Crippen molar-refractivity contribution in [3.63, 3.8) is 0 Å². The Bertz CT molecular complexity index is 734. The summed E-state index contributed by atoms with van der Waals surface area (Å²) in [5.41, 5.74) is -1.23. The van der Waals surface area contributed by atoms with Crippen LogP contribution in [0.4, 0.5) is 18.9 Å². The molecule has 1 aromatic rings. The smallest absolute Gasteiger partial charge is 0.416 e. The van der Waals surface area contributed by atoms with Crippen LogP contribution in [0.25, 0.3) is 0 Å². The zero-order valence-corrected chi connectivity index (χ0v) is 12.6. The van der Waals surface area contributed by atoms with E-state index < -0.39 is 47.7 Å². The minimum Gasteiger partial charge on any atom is -0.550 e. The molecule has 1 fully saturated rings. The number of carbonyl (C=O) groups is 2. The number of ether oxygens (including phenoxy) is 1. The molecule has 24 heavy (non-hydrogen) atoms. The van der Waals surface area contributed by atoms with Crippen molar-refractivity contribution < 1.29 is 32.6 Å². The van der Waals surface area contributed by atoms with Crippen LogP contribution in [0, 0.1) is 11.8 Å². The fourth-order valence-electron chi connectivity index (χ4n) is 2.92. The number of nitrogens with one attached hydrogen (secondary N) is 1. The van der Waals surface area contributed by atoms with E-state index in [0.717, 1.165) is 12.1 Å². The number of hydrogen-bond acceptors (Lipinski definition) is 4. The van der Waals surface area contributed by atoms with Crippen molar-refractivity contribution in [2.24, 2.45) is 11.8 Å². The third-order valence-corrected chi connectivity index (χ3v) is 4.36. The average molecular weight is 361 g/mol. The van der Waals surface area contributed by atoms with E-state index in [2.05, 4.69) is 5.32 Å². The highest BCUT2D eigenvalue weighted by Crippen LogP contribution is 2.40. The van der Waals surface area contributed by atoms with Crippen LogP contribution in [0.15, 0.2) is 30.4 Å². The summed E-state index contributed by atoms with van der Waals surface area (Å²) in [4.78, 5) is 23.6. The summed E-state index contributed by atoms with van der Waals surface area (Å²) in [5.74, 6) is -4.55. The molecule has 4 atom stereocenters. The van der Waals surface area contributed by atoms with Crippen LogP contribution in [0.2, 0.25) is 5.02 Å². The van der Waals surface area contributed by atoms with Crippen LogP contribution < -0.4 is 10.4 Å². The monoisotopic (exact) mass is 360 g/mol. The van der Waals surface area contributed by atoms with E-state index in [1.54, 1.807) is 6.08 Å². The van der Waals surface area contributed by atoms with Gasteiger partial charge in [0.25, 0.3) is 0 Å². The summed E-state index contributed by atoms with van der Waals surface area (Å²) in [6.45, 7) is 0. The first-order valence-electron chi connectivity index (χ1n) is 6.91. The molecule has 1 aromatic carbocycles. The first-order chi connectivity index (χ1) is 11.2. The van der Waals surface area contributed by atoms with E-state index in [-0.39, 0.29) is 10.7 Å². The number of fused-ring (bicyclic) bond motifs is 2. The second kappa shape index (κ2) is 5.78. The fraction of sp³-hybridized carbons (Fsp3) is 0.333. The second-order valence-corrected chi connectivity index (χ2v) is 5.91. The molecule has 3 rings (SSSR count). The largest absolute Gasteiger partial charge is 0.550 e. The highest BCUT2D eigenvalue weighted by molar-refractivity contribution is 6.33. The standard InChI is InChI=1S/C15H11ClF3NO4/c16-7-2-1-6(15(17,18)19)5-8(7)20-13(21)11-9-3-4-10(24-9)12(11)14(22)23/h1-5,9-12H,(H,20,21)(H,22,23)/p-1/t9-,10+,11+,12+/m1/s1. The molecule has 128 valence electrons. The number of amides is 1. The van der Waals surface area contributed by atoms with Gasteiger partial charge >= 0.3 is 6.18 Å². The number of carboxylic acids is 1. The number of alkyl halides is 3. The van der Waals surface area contributed by atoms with Gasteiger partial charge in [0.05, 0.1) is 34.4 Å². The number of aliphatic carboxylic acids is 1. The normalized spacial score (nSPS) is 28.2. The highest BCUT2D eigenvalue weighted by Gasteiger charge is 2.50. The van der Waals surface area contributed by atoms with Crippen LogP contribution in [0.3, 0.4) is 0 Å². The van der Waals surface area contributed by atoms with Gasteiger partial charge in [-0.2, -0.15) is 13.2 Å². The maximum atomic E-state index is 12.8. The molecule has 0 saturated carbocycles. The summed E-state index contributed by atoms with van der Waals surface area (Å²) < 4.78 is 43.6. The van der Waals surface area contributed by atoms with E-state index in [1.807, 2.05) is 0 Å². The van der Waals surface area contributed by atoms with Crippen LogP contribution in [-0.4, -0.2) is 24.1 Å². The van der Waals surface area contributed by atoms with Gasteiger partial charge in [0.15, 0.2) is 0 Å². The van der Waals surface area contributed by atoms with Gasteiger partial charge < -0.3 is 20.0 Å². The number of carboxylic acid groups (broad SMARTS) is 1. The van der Waals surface area contributed by atoms with E-state index >= 15 is 0 Å². The number of halogens is 4. The SMILES string of the molecule is O=C([O-])[C@@H]1[C@@H](C(=O)Nc2cc(C(F)(F)F)ccc2Cl)[C@H]2C=C[C@@H]1O2. The number of rotatable bonds is 3. The predicted octanol–water partition coefficient (Wildman–Crippen LogP) is 1.62. The van der Waals surface area contributed by atoms with Gasteiger partial charge in [-0.15, -0.1) is 0 Å². The van der Waals surface area contributed by atoms with Crippen molar-refractivity contribution in [1.82, 2.24) is 0 Å². The molecule has 1 amide bonds. The van der Waals surface area contributed by atoms with Crippen molar-refractivity contribution in [3.05, 3.63) is 40.9 Å². The van der Waals surface area contributed by atoms with Gasteiger partial charge in [0, 0.05) is 11.9 Å². The fourth-order valence-corrected chi connectivity index (χ4v) is 3.08. The van der Waals surface area contributed by atoms with Gasteiger partial charge in [-0.3, -0.25) is 4.79 Å². The molecular formula is C15H10ClF3NO4-. The number of hydrogen-bond donors (Lipinski definition) is 1. The Morgan fingerprint density at radius 2 is 1.79 bits per heavy atom. The van der Waals surface area contributed by atoms with Gasteiger partial charge in [0.2, 0.25) is 5.91 Å². The highest BCUT2D eigenvalue weighted by atomic mass is 35.5. The molecule has 2 aliphatic heterocycles. The second-order valence-electron chi connectivity index (χ2n) is 5.50. The molecule has 0 unspecified atom stereocenters. The molecule has 2 heterocycles. The zero-order valence-electron chi connectivity index (χ0n) is 11.8. The zero-order chi connectivity index (χ0) is 17.6. The number of anilines is 1. The third-order valence-electron chi connectivity index (χ3n) is 4.03. The van der Waals surface area contributed by atoms with Crippen molar-refractivity contribution in [3.8, 4) is 0 Å². The topological polar surface area (TPSA) is 78.5 Å². The van der Waals surface area contributed by atoms with Crippen LogP contribution in [0.1, 0.15) is 5.56 Å². The Morgan fingerprint density at radius 1 is 1.17 bits per heavy atom. The minimum atomic E-state index is -4.60. The molecule has 0 radical (unpaired) electrons. The van der Waals surface area contributed by atoms with Crippen molar-refractivity contribution in [2.45, 2.75) is 18.4 Å². The first-order valence-corrected chi connectivity index (χ1v) is 7.28. The molecule has 2 bridgehead atoms. The molecule has 2 aliphatic rings. The summed E-state index contributed by atoms with van der Waals surface area (Å²) in [5, 5.41) is 13.4. The maximum absolute atomic E-state index is 12.8. The van der Waals surface area contributed by atoms with Gasteiger partial charge in [0.1, 0.15) is 0 Å². The van der Waals surface area contributed by atoms with Gasteiger partial charge in [-0.1, -0.05) is 23.8 Å². The molecule has 9 heteroatoms. The molecule has 0 spiro atoms. The van der Waals surface area contributed by atoms with E-state index in [9.17, 15) is 27.9 Å². The first kappa shape index (κ1) is 16.8. The Kier molecular flexibility index (Phi) is 4.05.